The van der Waals surface area contributed by atoms with Crippen molar-refractivity contribution in [1.82, 2.24) is 16.0 Å². The molecule has 0 radical (unpaired) electrons. The zero-order chi connectivity index (χ0) is 21.8. The first-order chi connectivity index (χ1) is 13.8. The smallest absolute Gasteiger partial charge is 0.243 e. The van der Waals surface area contributed by atoms with E-state index in [1.54, 1.807) is 0 Å². The maximum atomic E-state index is 12.8. The van der Waals surface area contributed by atoms with Crippen molar-refractivity contribution in [2.75, 3.05) is 6.54 Å². The molecule has 0 saturated heterocycles. The zero-order valence-electron chi connectivity index (χ0n) is 18.0. The summed E-state index contributed by atoms with van der Waals surface area (Å²) in [6.45, 7) is 8.23. The fourth-order valence-corrected chi connectivity index (χ4v) is 3.07. The summed E-state index contributed by atoms with van der Waals surface area (Å²) in [6.07, 6.45) is 2.14. The minimum Gasteiger partial charge on any atom is -0.355 e. The lowest BCUT2D eigenvalue weighted by Gasteiger charge is -2.25. The van der Waals surface area contributed by atoms with Crippen molar-refractivity contribution < 1.29 is 14.4 Å². The third kappa shape index (κ3) is 9.09. The first-order valence-electron chi connectivity index (χ1n) is 10.5. The van der Waals surface area contributed by atoms with Gasteiger partial charge in [0.05, 0.1) is 6.04 Å². The summed E-state index contributed by atoms with van der Waals surface area (Å²) in [5.41, 5.74) is 7.02. The highest BCUT2D eigenvalue weighted by Gasteiger charge is 2.28. The molecule has 0 aliphatic carbocycles. The van der Waals surface area contributed by atoms with E-state index < -0.39 is 18.1 Å². The number of hydrogen-bond donors (Lipinski definition) is 4. The van der Waals surface area contributed by atoms with Gasteiger partial charge in [-0.3, -0.25) is 14.4 Å². The Balaban J connectivity index is 2.79. The van der Waals surface area contributed by atoms with Gasteiger partial charge >= 0.3 is 0 Å². The highest BCUT2D eigenvalue weighted by Crippen LogP contribution is 2.08. The summed E-state index contributed by atoms with van der Waals surface area (Å²) in [7, 11) is 0. The van der Waals surface area contributed by atoms with Gasteiger partial charge in [0.1, 0.15) is 12.1 Å². The maximum Gasteiger partial charge on any atom is 0.243 e. The van der Waals surface area contributed by atoms with Gasteiger partial charge in [0.2, 0.25) is 17.7 Å². The van der Waals surface area contributed by atoms with E-state index in [2.05, 4.69) is 16.0 Å². The van der Waals surface area contributed by atoms with Gasteiger partial charge in [0, 0.05) is 6.54 Å². The first-order valence-corrected chi connectivity index (χ1v) is 10.5. The van der Waals surface area contributed by atoms with Crippen molar-refractivity contribution in [2.24, 2.45) is 11.7 Å². The Bertz CT molecular complexity index is 649. The van der Waals surface area contributed by atoms with Gasteiger partial charge < -0.3 is 21.7 Å². The van der Waals surface area contributed by atoms with Crippen LogP contribution in [-0.2, 0) is 20.8 Å². The third-order valence-electron chi connectivity index (χ3n) is 4.54. The molecular weight excluding hydrogens is 368 g/mol. The molecule has 162 valence electrons. The summed E-state index contributed by atoms with van der Waals surface area (Å²) in [6, 6.07) is 7.40. The van der Waals surface area contributed by atoms with Gasteiger partial charge in [0.25, 0.3) is 0 Å². The van der Waals surface area contributed by atoms with Gasteiger partial charge in [0.15, 0.2) is 0 Å². The molecule has 0 saturated carbocycles. The van der Waals surface area contributed by atoms with E-state index in [0.29, 0.717) is 25.8 Å². The van der Waals surface area contributed by atoms with Crippen LogP contribution < -0.4 is 21.7 Å². The van der Waals surface area contributed by atoms with Gasteiger partial charge in [-0.2, -0.15) is 0 Å². The van der Waals surface area contributed by atoms with Crippen molar-refractivity contribution in [3.8, 4) is 0 Å². The molecule has 0 aromatic heterocycles. The monoisotopic (exact) mass is 404 g/mol. The number of hydrogen-bond acceptors (Lipinski definition) is 4. The molecule has 3 amide bonds. The fraction of sp³-hybridized carbons (Fsp3) is 0.591. The van der Waals surface area contributed by atoms with Crippen molar-refractivity contribution in [2.45, 2.75) is 71.5 Å². The van der Waals surface area contributed by atoms with Crippen LogP contribution in [-0.4, -0.2) is 42.4 Å². The van der Waals surface area contributed by atoms with E-state index in [9.17, 15) is 14.4 Å². The average molecular weight is 405 g/mol. The molecule has 1 aromatic rings. The Kier molecular flexibility index (Phi) is 11.0. The summed E-state index contributed by atoms with van der Waals surface area (Å²) in [4.78, 5) is 37.7. The molecule has 0 aliphatic heterocycles. The molecular formula is C22H36N4O3. The summed E-state index contributed by atoms with van der Waals surface area (Å²) in [5.74, 6) is -0.757. The van der Waals surface area contributed by atoms with Crippen molar-refractivity contribution in [3.63, 3.8) is 0 Å². The third-order valence-corrected chi connectivity index (χ3v) is 4.54. The van der Waals surface area contributed by atoms with Crippen LogP contribution in [0.25, 0.3) is 0 Å². The molecule has 0 heterocycles. The normalized spacial score (nSPS) is 14.0. The molecule has 0 unspecified atom stereocenters. The minimum atomic E-state index is -0.755. The Hall–Kier alpha value is -2.41. The molecule has 3 atom stereocenters. The van der Waals surface area contributed by atoms with Crippen LogP contribution in [0.4, 0.5) is 0 Å². The Morgan fingerprint density at radius 2 is 1.55 bits per heavy atom. The maximum absolute atomic E-state index is 12.8. The zero-order valence-corrected chi connectivity index (χ0v) is 18.0. The SMILES string of the molecule is CCC[C@H](NC(=O)[C@H](CC(C)C)NC(=O)[C@H](N)Cc1ccccc1)C(=O)NCC. The van der Waals surface area contributed by atoms with Crippen LogP contribution in [0, 0.1) is 5.92 Å². The lowest BCUT2D eigenvalue weighted by molar-refractivity contribution is -0.132. The Morgan fingerprint density at radius 3 is 2.10 bits per heavy atom. The Labute approximate surface area is 174 Å². The molecule has 1 rings (SSSR count). The quantitative estimate of drug-likeness (QED) is 0.423. The molecule has 29 heavy (non-hydrogen) atoms. The number of amides is 3. The van der Waals surface area contributed by atoms with Gasteiger partial charge in [-0.1, -0.05) is 57.5 Å². The fourth-order valence-electron chi connectivity index (χ4n) is 3.07. The number of rotatable bonds is 12. The van der Waals surface area contributed by atoms with E-state index in [1.807, 2.05) is 58.0 Å². The van der Waals surface area contributed by atoms with Crippen LogP contribution in [0.3, 0.4) is 0 Å². The molecule has 0 spiro atoms. The predicted octanol–water partition coefficient (Wildman–Crippen LogP) is 1.51. The van der Waals surface area contributed by atoms with Crippen LogP contribution in [0.15, 0.2) is 30.3 Å². The Morgan fingerprint density at radius 1 is 0.931 bits per heavy atom. The van der Waals surface area contributed by atoms with Crippen molar-refractivity contribution >= 4 is 17.7 Å². The van der Waals surface area contributed by atoms with E-state index in [0.717, 1.165) is 12.0 Å². The molecule has 0 bridgehead atoms. The van der Waals surface area contributed by atoms with E-state index in [4.69, 9.17) is 5.73 Å². The summed E-state index contributed by atoms with van der Waals surface area (Å²) < 4.78 is 0. The van der Waals surface area contributed by atoms with E-state index in [1.165, 1.54) is 0 Å². The van der Waals surface area contributed by atoms with Crippen LogP contribution in [0.1, 0.15) is 52.5 Å². The second kappa shape index (κ2) is 12.9. The van der Waals surface area contributed by atoms with Gasteiger partial charge in [-0.25, -0.2) is 0 Å². The topological polar surface area (TPSA) is 113 Å². The second-order valence-corrected chi connectivity index (χ2v) is 7.73. The van der Waals surface area contributed by atoms with E-state index >= 15 is 0 Å². The van der Waals surface area contributed by atoms with Crippen LogP contribution in [0.5, 0.6) is 0 Å². The molecule has 0 fully saturated rings. The predicted molar refractivity (Wildman–Crippen MR) is 115 cm³/mol. The molecule has 1 aromatic carbocycles. The van der Waals surface area contributed by atoms with Gasteiger partial charge in [-0.15, -0.1) is 0 Å². The second-order valence-electron chi connectivity index (χ2n) is 7.73. The van der Waals surface area contributed by atoms with Gasteiger partial charge in [-0.05, 0) is 37.7 Å². The number of nitrogens with two attached hydrogens (primary N) is 1. The van der Waals surface area contributed by atoms with Crippen molar-refractivity contribution in [3.05, 3.63) is 35.9 Å². The van der Waals surface area contributed by atoms with Crippen molar-refractivity contribution in [1.29, 1.82) is 0 Å². The molecule has 5 N–H and O–H groups in total. The number of carbonyl (C=O) groups excluding carboxylic acids is 3. The number of nitrogens with one attached hydrogen (secondary N) is 3. The number of carbonyl (C=O) groups is 3. The molecule has 0 aliphatic rings. The minimum absolute atomic E-state index is 0.186. The summed E-state index contributed by atoms with van der Waals surface area (Å²) in [5, 5.41) is 8.32. The standard InChI is InChI=1S/C22H36N4O3/c1-5-10-18(21(28)24-6-2)25-22(29)19(13-15(3)4)26-20(27)17(23)14-16-11-8-7-9-12-16/h7-9,11-12,15,17-19H,5-6,10,13-14,23H2,1-4H3,(H,24,28)(H,25,29)(H,26,27)/t17-,18+,19+/m1/s1. The van der Waals surface area contributed by atoms with Crippen LogP contribution >= 0.6 is 0 Å². The highest BCUT2D eigenvalue weighted by molar-refractivity contribution is 5.93. The lowest BCUT2D eigenvalue weighted by Crippen LogP contribution is -2.56. The number of benzene rings is 1. The first kappa shape index (κ1) is 24.6. The number of likely N-dealkylation sites (N-methyl/N-ethyl adjacent to an activating group) is 1. The summed E-state index contributed by atoms with van der Waals surface area (Å²) >= 11 is 0. The highest BCUT2D eigenvalue weighted by atomic mass is 16.2. The van der Waals surface area contributed by atoms with Crippen LogP contribution in [0.2, 0.25) is 0 Å². The van der Waals surface area contributed by atoms with E-state index in [-0.39, 0.29) is 23.6 Å². The molecule has 7 nitrogen and oxygen atoms in total. The molecule has 7 heteroatoms. The average Bonchev–Trinajstić information content (AvgIpc) is 2.67. The largest absolute Gasteiger partial charge is 0.355 e. The lowest BCUT2D eigenvalue weighted by atomic mass is 10.0.